The van der Waals surface area contributed by atoms with Gasteiger partial charge in [0, 0.05) is 17.7 Å². The summed E-state index contributed by atoms with van der Waals surface area (Å²) in [4.78, 5) is 26.3. The molecule has 174 valence electrons. The molecule has 4 aromatic rings. The molecular weight excluding hydrogens is 438 g/mol. The first-order valence-electron chi connectivity index (χ1n) is 11.5. The summed E-state index contributed by atoms with van der Waals surface area (Å²) in [6, 6.07) is 33.3. The number of carboxylic acids is 1. The van der Waals surface area contributed by atoms with Crippen molar-refractivity contribution >= 4 is 17.4 Å². The Morgan fingerprint density at radius 3 is 1.94 bits per heavy atom. The number of fused-ring (bicyclic) bond motifs is 1. The van der Waals surface area contributed by atoms with E-state index in [-0.39, 0.29) is 18.8 Å². The highest BCUT2D eigenvalue weighted by Crippen LogP contribution is 2.41. The van der Waals surface area contributed by atoms with Gasteiger partial charge in [0.2, 0.25) is 5.78 Å². The van der Waals surface area contributed by atoms with Crippen LogP contribution >= 0.6 is 0 Å². The SMILES string of the molecule is O=C(O)C1Cc2c(cccc2C(=O)C(OCc2ccccc2)(c2ccccc2)c2ccccc2)N1. The Kier molecular flexibility index (Phi) is 6.17. The highest BCUT2D eigenvalue weighted by molar-refractivity contribution is 6.08. The zero-order valence-electron chi connectivity index (χ0n) is 19.1. The number of carbonyl (C=O) groups excluding carboxylic acids is 1. The summed E-state index contributed by atoms with van der Waals surface area (Å²) in [5, 5.41) is 12.6. The second-order valence-corrected chi connectivity index (χ2v) is 8.59. The van der Waals surface area contributed by atoms with E-state index in [1.54, 1.807) is 12.1 Å². The number of carbonyl (C=O) groups is 2. The lowest BCUT2D eigenvalue weighted by Gasteiger charge is -2.34. The molecule has 0 spiro atoms. The summed E-state index contributed by atoms with van der Waals surface area (Å²) < 4.78 is 6.65. The van der Waals surface area contributed by atoms with Crippen molar-refractivity contribution in [3.63, 3.8) is 0 Å². The lowest BCUT2D eigenvalue weighted by molar-refractivity contribution is -0.137. The fourth-order valence-electron chi connectivity index (χ4n) is 4.71. The summed E-state index contributed by atoms with van der Waals surface area (Å²) >= 11 is 0. The van der Waals surface area contributed by atoms with Crippen LogP contribution in [0.1, 0.15) is 32.6 Å². The lowest BCUT2D eigenvalue weighted by atomic mass is 9.78. The van der Waals surface area contributed by atoms with E-state index in [0.29, 0.717) is 27.9 Å². The molecule has 5 heteroatoms. The van der Waals surface area contributed by atoms with E-state index in [1.807, 2.05) is 97.1 Å². The second kappa shape index (κ2) is 9.57. The Morgan fingerprint density at radius 2 is 1.37 bits per heavy atom. The molecule has 0 aliphatic carbocycles. The predicted octanol–water partition coefficient (Wildman–Crippen LogP) is 5.45. The molecule has 0 saturated carbocycles. The quantitative estimate of drug-likeness (QED) is 0.340. The molecule has 1 heterocycles. The minimum Gasteiger partial charge on any atom is -0.480 e. The van der Waals surface area contributed by atoms with Crippen LogP contribution in [0.5, 0.6) is 0 Å². The van der Waals surface area contributed by atoms with Crippen molar-refractivity contribution in [1.82, 2.24) is 0 Å². The van der Waals surface area contributed by atoms with Gasteiger partial charge in [0.05, 0.1) is 6.61 Å². The third kappa shape index (κ3) is 4.22. The summed E-state index contributed by atoms with van der Waals surface area (Å²) in [6.45, 7) is 0.224. The van der Waals surface area contributed by atoms with Gasteiger partial charge in [0.15, 0.2) is 5.60 Å². The molecule has 0 radical (unpaired) electrons. The Balaban J connectivity index is 1.68. The highest BCUT2D eigenvalue weighted by atomic mass is 16.5. The molecule has 0 amide bonds. The number of ketones is 1. The number of hydrogen-bond acceptors (Lipinski definition) is 4. The lowest BCUT2D eigenvalue weighted by Crippen LogP contribution is -2.40. The molecular formula is C30H25NO4. The van der Waals surface area contributed by atoms with Crippen molar-refractivity contribution in [3.05, 3.63) is 137 Å². The first kappa shape index (κ1) is 22.6. The summed E-state index contributed by atoms with van der Waals surface area (Å²) in [5.41, 5.74) is 2.78. The van der Waals surface area contributed by atoms with Crippen molar-refractivity contribution in [2.24, 2.45) is 0 Å². The van der Waals surface area contributed by atoms with E-state index in [4.69, 9.17) is 4.74 Å². The number of benzene rings is 4. The Bertz CT molecular complexity index is 1300. The molecule has 1 unspecified atom stereocenters. The first-order chi connectivity index (χ1) is 17.1. The van der Waals surface area contributed by atoms with Crippen LogP contribution < -0.4 is 5.32 Å². The normalized spacial score (nSPS) is 14.7. The molecule has 4 aromatic carbocycles. The van der Waals surface area contributed by atoms with Crippen molar-refractivity contribution in [2.45, 2.75) is 24.7 Å². The van der Waals surface area contributed by atoms with Crippen LogP contribution in [0.25, 0.3) is 0 Å². The Morgan fingerprint density at radius 1 is 0.800 bits per heavy atom. The second-order valence-electron chi connectivity index (χ2n) is 8.59. The number of rotatable bonds is 8. The van der Waals surface area contributed by atoms with Crippen LogP contribution in [0.2, 0.25) is 0 Å². The number of Topliss-reactive ketones (excluding diaryl/α,β-unsaturated/α-hetero) is 1. The van der Waals surface area contributed by atoms with Gasteiger partial charge < -0.3 is 15.2 Å². The maximum Gasteiger partial charge on any atom is 0.326 e. The van der Waals surface area contributed by atoms with Gasteiger partial charge in [-0.3, -0.25) is 4.79 Å². The number of carboxylic acid groups (broad SMARTS) is 1. The molecule has 0 fully saturated rings. The molecule has 0 bridgehead atoms. The van der Waals surface area contributed by atoms with Crippen LogP contribution in [0.4, 0.5) is 5.69 Å². The molecule has 0 aromatic heterocycles. The molecule has 1 aliphatic rings. The minimum absolute atomic E-state index is 0.224. The van der Waals surface area contributed by atoms with Gasteiger partial charge in [0.25, 0.3) is 0 Å². The molecule has 1 aliphatic heterocycles. The van der Waals surface area contributed by atoms with Crippen LogP contribution in [0.15, 0.2) is 109 Å². The van der Waals surface area contributed by atoms with Crippen LogP contribution in [0.3, 0.4) is 0 Å². The van der Waals surface area contributed by atoms with Gasteiger partial charge >= 0.3 is 5.97 Å². The fraction of sp³-hybridized carbons (Fsp3) is 0.133. The summed E-state index contributed by atoms with van der Waals surface area (Å²) in [7, 11) is 0. The van der Waals surface area contributed by atoms with Gasteiger partial charge in [0.1, 0.15) is 6.04 Å². The van der Waals surface area contributed by atoms with Gasteiger partial charge in [-0.1, -0.05) is 103 Å². The van der Waals surface area contributed by atoms with Gasteiger partial charge in [-0.05, 0) is 28.3 Å². The molecule has 5 nitrogen and oxygen atoms in total. The summed E-state index contributed by atoms with van der Waals surface area (Å²) in [5.74, 6) is -1.17. The average molecular weight is 464 g/mol. The standard InChI is InChI=1S/C30H25NO4/c32-28(24-17-10-18-26-25(24)19-27(31-26)29(33)34)30(22-13-6-2-7-14-22,23-15-8-3-9-16-23)35-20-21-11-4-1-5-12-21/h1-18,27,31H,19-20H2,(H,33,34). The Labute approximate surface area is 204 Å². The predicted molar refractivity (Wildman–Crippen MR) is 134 cm³/mol. The number of anilines is 1. The number of aliphatic carboxylic acids is 1. The van der Waals surface area contributed by atoms with Gasteiger partial charge in [-0.15, -0.1) is 0 Å². The zero-order valence-corrected chi connectivity index (χ0v) is 19.1. The van der Waals surface area contributed by atoms with E-state index in [1.165, 1.54) is 0 Å². The van der Waals surface area contributed by atoms with Crippen molar-refractivity contribution in [1.29, 1.82) is 0 Å². The van der Waals surface area contributed by atoms with E-state index in [0.717, 1.165) is 5.56 Å². The molecule has 35 heavy (non-hydrogen) atoms. The average Bonchev–Trinajstić information content (AvgIpc) is 3.36. The third-order valence-corrected chi connectivity index (χ3v) is 6.44. The smallest absolute Gasteiger partial charge is 0.326 e. The molecule has 1 atom stereocenters. The molecule has 5 rings (SSSR count). The topological polar surface area (TPSA) is 75.6 Å². The van der Waals surface area contributed by atoms with Gasteiger partial charge in [-0.25, -0.2) is 4.79 Å². The highest BCUT2D eigenvalue weighted by Gasteiger charge is 2.45. The van der Waals surface area contributed by atoms with E-state index in [9.17, 15) is 14.7 Å². The molecule has 0 saturated heterocycles. The zero-order chi connectivity index (χ0) is 24.3. The molecule has 2 N–H and O–H groups in total. The third-order valence-electron chi connectivity index (χ3n) is 6.44. The van der Waals surface area contributed by atoms with Gasteiger partial charge in [-0.2, -0.15) is 0 Å². The Hall–Kier alpha value is -4.22. The first-order valence-corrected chi connectivity index (χ1v) is 11.5. The van der Waals surface area contributed by atoms with E-state index >= 15 is 0 Å². The summed E-state index contributed by atoms with van der Waals surface area (Å²) in [6.07, 6.45) is 0.227. The van der Waals surface area contributed by atoms with Crippen LogP contribution in [-0.4, -0.2) is 22.9 Å². The number of ether oxygens (including phenoxy) is 1. The maximum atomic E-state index is 14.6. The van der Waals surface area contributed by atoms with Crippen molar-refractivity contribution in [2.75, 3.05) is 5.32 Å². The largest absolute Gasteiger partial charge is 0.480 e. The van der Waals surface area contributed by atoms with Crippen molar-refractivity contribution < 1.29 is 19.4 Å². The number of nitrogens with one attached hydrogen (secondary N) is 1. The van der Waals surface area contributed by atoms with Crippen LogP contribution in [0, 0.1) is 0 Å². The maximum absolute atomic E-state index is 14.6. The monoisotopic (exact) mass is 463 g/mol. The number of hydrogen-bond donors (Lipinski definition) is 2. The fourth-order valence-corrected chi connectivity index (χ4v) is 4.71. The van der Waals surface area contributed by atoms with Crippen molar-refractivity contribution in [3.8, 4) is 0 Å². The van der Waals surface area contributed by atoms with E-state index in [2.05, 4.69) is 5.32 Å². The minimum atomic E-state index is -1.42. The van der Waals surface area contributed by atoms with E-state index < -0.39 is 17.6 Å². The van der Waals surface area contributed by atoms with Crippen LogP contribution in [-0.2, 0) is 28.2 Å².